The van der Waals surface area contributed by atoms with Crippen LogP contribution in [0.3, 0.4) is 0 Å². The number of carbonyl (C=O) groups is 3. The summed E-state index contributed by atoms with van der Waals surface area (Å²) in [4.78, 5) is 41.0. The van der Waals surface area contributed by atoms with E-state index in [2.05, 4.69) is 15.4 Å². The first kappa shape index (κ1) is 26.8. The summed E-state index contributed by atoms with van der Waals surface area (Å²) in [6, 6.07) is 6.60. The van der Waals surface area contributed by atoms with Crippen molar-refractivity contribution in [2.75, 3.05) is 50.1 Å². The van der Waals surface area contributed by atoms with Gasteiger partial charge in [0, 0.05) is 24.8 Å². The lowest BCUT2D eigenvalue weighted by Crippen LogP contribution is -2.49. The van der Waals surface area contributed by atoms with Gasteiger partial charge in [-0.3, -0.25) is 19.3 Å². The van der Waals surface area contributed by atoms with Gasteiger partial charge in [-0.2, -0.15) is 8.78 Å². The lowest BCUT2D eigenvalue weighted by atomic mass is 10.2. The van der Waals surface area contributed by atoms with E-state index >= 15 is 0 Å². The number of ether oxygens (including phenoxy) is 2. The molecule has 2 heterocycles. The van der Waals surface area contributed by atoms with Gasteiger partial charge in [0.15, 0.2) is 5.75 Å². The zero-order chi connectivity index (χ0) is 25.5. The van der Waals surface area contributed by atoms with Crippen LogP contribution in [0.2, 0.25) is 4.34 Å². The number of rotatable bonds is 10. The lowest BCUT2D eigenvalue weighted by Gasteiger charge is -2.29. The molecule has 190 valence electrons. The van der Waals surface area contributed by atoms with Crippen LogP contribution in [0, 0.1) is 0 Å². The van der Waals surface area contributed by atoms with Crippen molar-refractivity contribution >= 4 is 52.0 Å². The molecule has 1 atom stereocenters. The monoisotopic (exact) mass is 530 g/mol. The number of amides is 3. The van der Waals surface area contributed by atoms with Crippen LogP contribution in [0.5, 0.6) is 5.75 Å². The molecule has 1 saturated heterocycles. The van der Waals surface area contributed by atoms with E-state index in [4.69, 9.17) is 16.3 Å². The van der Waals surface area contributed by atoms with Gasteiger partial charge >= 0.3 is 6.61 Å². The highest BCUT2D eigenvalue weighted by Crippen LogP contribution is 2.33. The van der Waals surface area contributed by atoms with Crippen molar-refractivity contribution in [1.82, 2.24) is 10.2 Å². The summed E-state index contributed by atoms with van der Waals surface area (Å²) < 4.78 is 36.3. The van der Waals surface area contributed by atoms with E-state index in [0.29, 0.717) is 15.8 Å². The van der Waals surface area contributed by atoms with Crippen molar-refractivity contribution in [2.24, 2.45) is 0 Å². The second kappa shape index (κ2) is 12.2. The zero-order valence-corrected chi connectivity index (χ0v) is 20.6. The lowest BCUT2D eigenvalue weighted by molar-refractivity contribution is -0.126. The molecule has 13 heteroatoms. The molecule has 0 radical (unpaired) electrons. The average molecular weight is 531 g/mol. The van der Waals surface area contributed by atoms with Crippen molar-refractivity contribution in [3.05, 3.63) is 39.5 Å². The third-order valence-corrected chi connectivity index (χ3v) is 6.54. The molecule has 1 aromatic heterocycles. The Kier molecular flexibility index (Phi) is 9.38. The number of carbonyl (C=O) groups excluding carboxylic acids is 3. The van der Waals surface area contributed by atoms with E-state index in [1.54, 1.807) is 24.1 Å². The minimum Gasteiger partial charge on any atom is -0.433 e. The molecule has 1 aliphatic heterocycles. The molecule has 0 bridgehead atoms. The van der Waals surface area contributed by atoms with Gasteiger partial charge in [0.25, 0.3) is 11.8 Å². The Hall–Kier alpha value is -2.80. The fraction of sp³-hybridized carbons (Fsp3) is 0.409. The Morgan fingerprint density at radius 2 is 2.09 bits per heavy atom. The summed E-state index contributed by atoms with van der Waals surface area (Å²) in [7, 11) is 1.72. The third-order valence-electron chi connectivity index (χ3n) is 5.31. The molecule has 0 saturated carbocycles. The van der Waals surface area contributed by atoms with Gasteiger partial charge in [0.1, 0.15) is 12.6 Å². The number of benzene rings is 1. The SMILES string of the molecule is CCN(C)[C@H](CNC(=O)c1ccc(Cl)s1)C(=O)Nc1ccc(N2CCOCC2=O)c(OC(F)F)c1. The summed E-state index contributed by atoms with van der Waals surface area (Å²) in [5.41, 5.74) is 0.349. The van der Waals surface area contributed by atoms with E-state index in [1.807, 2.05) is 6.92 Å². The van der Waals surface area contributed by atoms with Crippen LogP contribution in [0.1, 0.15) is 16.6 Å². The maximum atomic E-state index is 13.1. The second-order valence-electron chi connectivity index (χ2n) is 7.55. The summed E-state index contributed by atoms with van der Waals surface area (Å²) >= 11 is 7.00. The minimum atomic E-state index is -3.13. The Labute approximate surface area is 209 Å². The topological polar surface area (TPSA) is 100 Å². The Morgan fingerprint density at radius 1 is 1.31 bits per heavy atom. The predicted molar refractivity (Wildman–Crippen MR) is 129 cm³/mol. The van der Waals surface area contributed by atoms with Crippen molar-refractivity contribution in [3.63, 3.8) is 0 Å². The fourth-order valence-electron chi connectivity index (χ4n) is 3.39. The summed E-state index contributed by atoms with van der Waals surface area (Å²) in [6.07, 6.45) is 0. The second-order valence-corrected chi connectivity index (χ2v) is 9.27. The fourth-order valence-corrected chi connectivity index (χ4v) is 4.34. The predicted octanol–water partition coefficient (Wildman–Crippen LogP) is 3.05. The normalized spacial score (nSPS) is 14.8. The number of thiophene rings is 1. The number of likely N-dealkylation sites (N-methyl/N-ethyl adjacent to an activating group) is 1. The average Bonchev–Trinajstić information content (AvgIpc) is 3.25. The standard InChI is InChI=1S/C22H25ClF2N4O5S/c1-3-28(2)15(11-26-21(32)17-6-7-18(23)35-17)20(31)27-13-4-5-14(16(10-13)34-22(24)25)29-8-9-33-12-19(29)30/h4-7,10,15,22H,3,8-9,11-12H2,1-2H3,(H,26,32)(H,27,31)/t15-/m1/s1. The molecule has 35 heavy (non-hydrogen) atoms. The molecular weight excluding hydrogens is 506 g/mol. The zero-order valence-electron chi connectivity index (χ0n) is 19.1. The van der Waals surface area contributed by atoms with Gasteiger partial charge < -0.3 is 25.0 Å². The van der Waals surface area contributed by atoms with E-state index in [0.717, 1.165) is 11.3 Å². The highest BCUT2D eigenvalue weighted by Gasteiger charge is 2.27. The van der Waals surface area contributed by atoms with Crippen LogP contribution >= 0.6 is 22.9 Å². The number of hydrogen-bond donors (Lipinski definition) is 2. The van der Waals surface area contributed by atoms with Gasteiger partial charge in [-0.05, 0) is 37.9 Å². The number of nitrogens with one attached hydrogen (secondary N) is 2. The minimum absolute atomic E-state index is 0.00524. The van der Waals surface area contributed by atoms with Gasteiger partial charge in [0.2, 0.25) is 5.91 Å². The molecule has 1 fully saturated rings. The van der Waals surface area contributed by atoms with Crippen LogP contribution in [0.4, 0.5) is 20.2 Å². The first-order valence-corrected chi connectivity index (χ1v) is 11.9. The summed E-state index contributed by atoms with van der Waals surface area (Å²) in [5.74, 6) is -1.47. The molecule has 3 rings (SSSR count). The van der Waals surface area contributed by atoms with Crippen LogP contribution < -0.4 is 20.3 Å². The third kappa shape index (κ3) is 7.10. The van der Waals surface area contributed by atoms with E-state index in [9.17, 15) is 23.2 Å². The van der Waals surface area contributed by atoms with Crippen molar-refractivity contribution in [1.29, 1.82) is 0 Å². The van der Waals surface area contributed by atoms with E-state index < -0.39 is 18.6 Å². The Balaban J connectivity index is 1.75. The number of hydrogen-bond acceptors (Lipinski definition) is 7. The molecular formula is C22H25ClF2N4O5S. The van der Waals surface area contributed by atoms with Gasteiger partial charge in [-0.1, -0.05) is 18.5 Å². The highest BCUT2D eigenvalue weighted by atomic mass is 35.5. The number of nitrogens with zero attached hydrogens (tertiary/aromatic N) is 2. The molecule has 2 N–H and O–H groups in total. The first-order valence-electron chi connectivity index (χ1n) is 10.7. The molecule has 3 amide bonds. The summed E-state index contributed by atoms with van der Waals surface area (Å²) in [5, 5.41) is 5.40. The van der Waals surface area contributed by atoms with Crippen molar-refractivity contribution < 1.29 is 32.6 Å². The number of morpholine rings is 1. The number of anilines is 2. The molecule has 1 aliphatic rings. The molecule has 0 aliphatic carbocycles. The molecule has 0 spiro atoms. The molecule has 2 aromatic rings. The molecule has 1 aromatic carbocycles. The van der Waals surface area contributed by atoms with Crippen LogP contribution in [0.15, 0.2) is 30.3 Å². The van der Waals surface area contributed by atoms with E-state index in [-0.39, 0.29) is 55.2 Å². The smallest absolute Gasteiger partial charge is 0.387 e. The Bertz CT molecular complexity index is 1070. The van der Waals surface area contributed by atoms with Gasteiger partial charge in [-0.15, -0.1) is 11.3 Å². The largest absolute Gasteiger partial charge is 0.433 e. The maximum absolute atomic E-state index is 13.1. The number of alkyl halides is 2. The number of halogens is 3. The van der Waals surface area contributed by atoms with Crippen LogP contribution in [-0.2, 0) is 14.3 Å². The Morgan fingerprint density at radius 3 is 2.71 bits per heavy atom. The molecule has 9 nitrogen and oxygen atoms in total. The van der Waals surface area contributed by atoms with E-state index in [1.165, 1.54) is 23.1 Å². The van der Waals surface area contributed by atoms with Crippen molar-refractivity contribution in [2.45, 2.75) is 19.6 Å². The van der Waals surface area contributed by atoms with Gasteiger partial charge in [0.05, 0.1) is 21.5 Å². The molecule has 0 unspecified atom stereocenters. The first-order chi connectivity index (χ1) is 16.7. The summed E-state index contributed by atoms with van der Waals surface area (Å²) in [6.45, 7) is -0.488. The quantitative estimate of drug-likeness (QED) is 0.490. The maximum Gasteiger partial charge on any atom is 0.387 e. The highest BCUT2D eigenvalue weighted by molar-refractivity contribution is 7.18. The van der Waals surface area contributed by atoms with Crippen LogP contribution in [0.25, 0.3) is 0 Å². The van der Waals surface area contributed by atoms with Gasteiger partial charge in [-0.25, -0.2) is 0 Å². The van der Waals surface area contributed by atoms with Crippen LogP contribution in [-0.4, -0.2) is 75.2 Å². The van der Waals surface area contributed by atoms with Crippen molar-refractivity contribution in [3.8, 4) is 5.75 Å².